The van der Waals surface area contributed by atoms with Crippen LogP contribution in [0, 0.1) is 17.1 Å². The maximum absolute atomic E-state index is 13.9. The molecule has 0 saturated carbocycles. The van der Waals surface area contributed by atoms with Crippen molar-refractivity contribution in [2.75, 3.05) is 5.32 Å². The Kier molecular flexibility index (Phi) is 3.20. The van der Waals surface area contributed by atoms with Crippen LogP contribution in [0.5, 0.6) is 0 Å². The Hall–Kier alpha value is -2.64. The van der Waals surface area contributed by atoms with E-state index in [0.717, 1.165) is 0 Å². The van der Waals surface area contributed by atoms with Gasteiger partial charge in [0.1, 0.15) is 5.82 Å². The molecule has 1 aliphatic heterocycles. The Balaban J connectivity index is 2.13. The number of hydrogen-bond acceptors (Lipinski definition) is 2. The summed E-state index contributed by atoms with van der Waals surface area (Å²) in [7, 11) is 0. The molecular formula is C16H8ClFN2O. The van der Waals surface area contributed by atoms with Gasteiger partial charge in [0.15, 0.2) is 0 Å². The summed E-state index contributed by atoms with van der Waals surface area (Å²) < 4.78 is 13.9. The Bertz CT molecular complexity index is 837. The molecule has 2 aromatic carbocycles. The highest BCUT2D eigenvalue weighted by Gasteiger charge is 2.24. The zero-order chi connectivity index (χ0) is 15.0. The number of carbonyl (C=O) groups is 1. The molecule has 0 radical (unpaired) electrons. The van der Waals surface area contributed by atoms with Gasteiger partial charge in [-0.2, -0.15) is 5.26 Å². The van der Waals surface area contributed by atoms with Gasteiger partial charge in [-0.1, -0.05) is 29.8 Å². The second kappa shape index (κ2) is 5.04. The fourth-order valence-corrected chi connectivity index (χ4v) is 2.38. The summed E-state index contributed by atoms with van der Waals surface area (Å²) in [6.07, 6.45) is 1.45. The molecular weight excluding hydrogens is 291 g/mol. The summed E-state index contributed by atoms with van der Waals surface area (Å²) in [6.45, 7) is 0. The number of nitrogens with zero attached hydrogens (tertiary/aromatic N) is 1. The van der Waals surface area contributed by atoms with E-state index in [2.05, 4.69) is 5.32 Å². The average molecular weight is 299 g/mol. The summed E-state index contributed by atoms with van der Waals surface area (Å²) in [4.78, 5) is 12.0. The first-order valence-corrected chi connectivity index (χ1v) is 6.49. The first kappa shape index (κ1) is 13.3. The van der Waals surface area contributed by atoms with Crippen molar-refractivity contribution in [1.82, 2.24) is 0 Å². The number of rotatable bonds is 1. The van der Waals surface area contributed by atoms with Crippen LogP contribution in [0.25, 0.3) is 11.6 Å². The third-order valence-electron chi connectivity index (χ3n) is 3.21. The molecule has 3 nitrogen and oxygen atoms in total. The molecule has 0 saturated heterocycles. The number of fused-ring (bicyclic) bond motifs is 1. The number of amides is 1. The summed E-state index contributed by atoms with van der Waals surface area (Å²) in [5, 5.41) is 11.5. The van der Waals surface area contributed by atoms with Crippen LogP contribution >= 0.6 is 11.6 Å². The molecule has 1 amide bonds. The second-order valence-corrected chi connectivity index (χ2v) is 4.93. The molecule has 0 aliphatic carbocycles. The molecule has 5 heteroatoms. The SMILES string of the molecule is N#Cc1ccc2c(c1)NC(=O)/C2=C\c1cccc(Cl)c1F. The van der Waals surface area contributed by atoms with Gasteiger partial charge in [0, 0.05) is 16.7 Å². The highest BCUT2D eigenvalue weighted by Crippen LogP contribution is 2.34. The Morgan fingerprint density at radius 2 is 2.10 bits per heavy atom. The van der Waals surface area contributed by atoms with Gasteiger partial charge in [0.05, 0.1) is 22.3 Å². The lowest BCUT2D eigenvalue weighted by atomic mass is 10.0. The summed E-state index contributed by atoms with van der Waals surface area (Å²) >= 11 is 5.73. The van der Waals surface area contributed by atoms with Crippen molar-refractivity contribution in [3.8, 4) is 6.07 Å². The molecule has 21 heavy (non-hydrogen) atoms. The average Bonchev–Trinajstić information content (AvgIpc) is 2.79. The largest absolute Gasteiger partial charge is 0.321 e. The smallest absolute Gasteiger partial charge is 0.256 e. The van der Waals surface area contributed by atoms with E-state index in [1.54, 1.807) is 30.3 Å². The van der Waals surface area contributed by atoms with Gasteiger partial charge in [-0.05, 0) is 24.3 Å². The molecule has 2 aromatic rings. The molecule has 3 rings (SSSR count). The van der Waals surface area contributed by atoms with Crippen molar-refractivity contribution in [1.29, 1.82) is 5.26 Å². The third-order valence-corrected chi connectivity index (χ3v) is 3.50. The van der Waals surface area contributed by atoms with Gasteiger partial charge < -0.3 is 5.32 Å². The molecule has 0 spiro atoms. The lowest BCUT2D eigenvalue weighted by molar-refractivity contribution is -0.110. The quantitative estimate of drug-likeness (QED) is 0.813. The molecule has 0 bridgehead atoms. The highest BCUT2D eigenvalue weighted by atomic mass is 35.5. The Morgan fingerprint density at radius 1 is 1.29 bits per heavy atom. The van der Waals surface area contributed by atoms with Crippen molar-refractivity contribution in [2.45, 2.75) is 0 Å². The molecule has 1 aliphatic rings. The van der Waals surface area contributed by atoms with Crippen molar-refractivity contribution >= 4 is 34.8 Å². The van der Waals surface area contributed by atoms with Crippen LogP contribution in [0.3, 0.4) is 0 Å². The minimum absolute atomic E-state index is 0.00260. The van der Waals surface area contributed by atoms with E-state index in [0.29, 0.717) is 22.4 Å². The first-order valence-electron chi connectivity index (χ1n) is 6.12. The normalized spacial score (nSPS) is 14.7. The number of benzene rings is 2. The number of nitriles is 1. The molecule has 0 fully saturated rings. The van der Waals surface area contributed by atoms with Crippen LogP contribution < -0.4 is 5.32 Å². The van der Waals surface area contributed by atoms with Gasteiger partial charge in [0.2, 0.25) is 0 Å². The number of hydrogen-bond donors (Lipinski definition) is 1. The first-order chi connectivity index (χ1) is 10.1. The van der Waals surface area contributed by atoms with Gasteiger partial charge in [-0.3, -0.25) is 4.79 Å². The van der Waals surface area contributed by atoms with E-state index in [4.69, 9.17) is 16.9 Å². The van der Waals surface area contributed by atoms with Gasteiger partial charge in [0.25, 0.3) is 5.91 Å². The van der Waals surface area contributed by atoms with Crippen LogP contribution in [-0.4, -0.2) is 5.91 Å². The fourth-order valence-electron chi connectivity index (χ4n) is 2.19. The van der Waals surface area contributed by atoms with E-state index >= 15 is 0 Å². The number of anilines is 1. The fraction of sp³-hybridized carbons (Fsp3) is 0. The second-order valence-electron chi connectivity index (χ2n) is 4.53. The van der Waals surface area contributed by atoms with Crippen LogP contribution in [0.2, 0.25) is 5.02 Å². The maximum Gasteiger partial charge on any atom is 0.256 e. The minimum atomic E-state index is -0.568. The van der Waals surface area contributed by atoms with Crippen LogP contribution in [-0.2, 0) is 4.79 Å². The van der Waals surface area contributed by atoms with Gasteiger partial charge >= 0.3 is 0 Å². The molecule has 102 valence electrons. The predicted molar refractivity (Wildman–Crippen MR) is 79.1 cm³/mol. The van der Waals surface area contributed by atoms with E-state index in [-0.39, 0.29) is 16.5 Å². The predicted octanol–water partition coefficient (Wildman–Crippen LogP) is 3.84. The number of halogens is 2. The standard InChI is InChI=1S/C16H8ClFN2O/c17-13-3-1-2-10(15(13)18)7-12-11-5-4-9(8-19)6-14(11)20-16(12)21/h1-7H,(H,20,21)/b12-7-. The third kappa shape index (κ3) is 2.28. The monoisotopic (exact) mass is 298 g/mol. The van der Waals surface area contributed by atoms with Crippen LogP contribution in [0.1, 0.15) is 16.7 Å². The highest BCUT2D eigenvalue weighted by molar-refractivity contribution is 6.35. The van der Waals surface area contributed by atoms with Crippen molar-refractivity contribution in [3.05, 3.63) is 63.9 Å². The molecule has 1 N–H and O–H groups in total. The van der Waals surface area contributed by atoms with Crippen LogP contribution in [0.15, 0.2) is 36.4 Å². The van der Waals surface area contributed by atoms with E-state index in [1.165, 1.54) is 12.1 Å². The maximum atomic E-state index is 13.9. The Morgan fingerprint density at radius 3 is 2.86 bits per heavy atom. The number of carbonyl (C=O) groups excluding carboxylic acids is 1. The molecule has 0 aromatic heterocycles. The molecule has 0 unspecified atom stereocenters. The zero-order valence-corrected chi connectivity index (χ0v) is 11.4. The molecule has 1 heterocycles. The zero-order valence-electron chi connectivity index (χ0n) is 10.7. The lowest BCUT2D eigenvalue weighted by Crippen LogP contribution is -2.03. The number of nitrogens with one attached hydrogen (secondary N) is 1. The minimum Gasteiger partial charge on any atom is -0.321 e. The van der Waals surface area contributed by atoms with Gasteiger partial charge in [-0.25, -0.2) is 4.39 Å². The summed E-state index contributed by atoms with van der Waals surface area (Å²) in [6, 6.07) is 11.5. The van der Waals surface area contributed by atoms with Crippen molar-refractivity contribution in [2.24, 2.45) is 0 Å². The molecule has 0 atom stereocenters. The summed E-state index contributed by atoms with van der Waals surface area (Å²) in [5.41, 5.74) is 2.22. The topological polar surface area (TPSA) is 52.9 Å². The van der Waals surface area contributed by atoms with Crippen molar-refractivity contribution in [3.63, 3.8) is 0 Å². The summed E-state index contributed by atoms with van der Waals surface area (Å²) in [5.74, 6) is -0.902. The van der Waals surface area contributed by atoms with Crippen molar-refractivity contribution < 1.29 is 9.18 Å². The van der Waals surface area contributed by atoms with E-state index < -0.39 is 5.82 Å². The lowest BCUT2D eigenvalue weighted by Gasteiger charge is -2.01. The van der Waals surface area contributed by atoms with Gasteiger partial charge in [-0.15, -0.1) is 0 Å². The Labute approximate surface area is 125 Å². The van der Waals surface area contributed by atoms with E-state index in [1.807, 2.05) is 6.07 Å². The van der Waals surface area contributed by atoms with Crippen LogP contribution in [0.4, 0.5) is 10.1 Å². The van der Waals surface area contributed by atoms with E-state index in [9.17, 15) is 9.18 Å².